The van der Waals surface area contributed by atoms with Crippen LogP contribution in [0.5, 0.6) is 0 Å². The first-order chi connectivity index (χ1) is 12.3. The van der Waals surface area contributed by atoms with E-state index in [1.54, 1.807) is 25.1 Å². The van der Waals surface area contributed by atoms with Crippen molar-refractivity contribution in [3.63, 3.8) is 0 Å². The number of nitrogens with zero attached hydrogens (tertiary/aromatic N) is 1. The number of benzene rings is 1. The first kappa shape index (κ1) is 17.5. The first-order valence-corrected chi connectivity index (χ1v) is 7.84. The van der Waals surface area contributed by atoms with E-state index in [9.17, 15) is 19.2 Å². The number of ketones is 2. The van der Waals surface area contributed by atoms with Gasteiger partial charge < -0.3 is 9.84 Å². The molecule has 0 atom stereocenters. The van der Waals surface area contributed by atoms with Gasteiger partial charge in [-0.25, -0.2) is 0 Å². The Morgan fingerprint density at radius 3 is 2.15 bits per heavy atom. The first-order valence-electron chi connectivity index (χ1n) is 7.84. The molecule has 7 heteroatoms. The maximum atomic E-state index is 13.1. The van der Waals surface area contributed by atoms with Crippen LogP contribution in [0.1, 0.15) is 44.6 Å². The quantitative estimate of drug-likeness (QED) is 0.659. The summed E-state index contributed by atoms with van der Waals surface area (Å²) in [6.45, 7) is 2.71. The van der Waals surface area contributed by atoms with E-state index >= 15 is 0 Å². The maximum absolute atomic E-state index is 13.1. The summed E-state index contributed by atoms with van der Waals surface area (Å²) < 4.78 is 5.28. The van der Waals surface area contributed by atoms with Crippen LogP contribution in [0.4, 0.5) is 0 Å². The molecule has 1 N–H and O–H groups in total. The van der Waals surface area contributed by atoms with Crippen molar-refractivity contribution in [1.82, 2.24) is 4.98 Å². The summed E-state index contributed by atoms with van der Waals surface area (Å²) in [4.78, 5) is 53.5. The number of carboxylic acid groups (broad SMARTS) is 1. The highest BCUT2D eigenvalue weighted by atomic mass is 16.6. The Hall–Kier alpha value is -3.35. The van der Waals surface area contributed by atoms with Crippen LogP contribution >= 0.6 is 0 Å². The number of carbonyl (C=O) groups is 4. The Bertz CT molecular complexity index is 927. The molecule has 0 aliphatic heterocycles. The molecule has 1 aliphatic rings. The number of rotatable bonds is 4. The zero-order valence-electron chi connectivity index (χ0n) is 14.1. The Morgan fingerprint density at radius 1 is 1.08 bits per heavy atom. The van der Waals surface area contributed by atoms with Crippen LogP contribution in [0.3, 0.4) is 0 Å². The van der Waals surface area contributed by atoms with E-state index in [2.05, 4.69) is 4.98 Å². The Labute approximate surface area is 148 Å². The summed E-state index contributed by atoms with van der Waals surface area (Å²) in [6, 6.07) is 9.16. The van der Waals surface area contributed by atoms with E-state index in [0.717, 1.165) is 6.92 Å². The van der Waals surface area contributed by atoms with Crippen LogP contribution in [0.2, 0.25) is 0 Å². The number of aliphatic carboxylic acids is 1. The third kappa shape index (κ3) is 2.57. The smallest absolute Gasteiger partial charge is 0.307 e. The van der Waals surface area contributed by atoms with Gasteiger partial charge in [-0.15, -0.1) is 0 Å². The molecule has 0 unspecified atom stereocenters. The lowest BCUT2D eigenvalue weighted by molar-refractivity contribution is -0.149. The average molecular weight is 353 g/mol. The van der Waals surface area contributed by atoms with Gasteiger partial charge in [0, 0.05) is 23.7 Å². The van der Waals surface area contributed by atoms with E-state index < -0.39 is 35.5 Å². The molecule has 0 fully saturated rings. The van der Waals surface area contributed by atoms with Gasteiger partial charge in [-0.3, -0.25) is 24.2 Å². The predicted octanol–water partition coefficient (Wildman–Crippen LogP) is 1.85. The molecule has 7 nitrogen and oxygen atoms in total. The number of carboxylic acids is 1. The zero-order chi connectivity index (χ0) is 19.1. The molecule has 26 heavy (non-hydrogen) atoms. The van der Waals surface area contributed by atoms with Gasteiger partial charge in [0.05, 0.1) is 6.42 Å². The van der Waals surface area contributed by atoms with E-state index in [1.807, 2.05) is 0 Å². The molecule has 1 heterocycles. The third-order valence-corrected chi connectivity index (χ3v) is 4.15. The highest BCUT2D eigenvalue weighted by molar-refractivity contribution is 6.32. The summed E-state index contributed by atoms with van der Waals surface area (Å²) in [5, 5.41) is 9.17. The molecule has 0 radical (unpaired) electrons. The minimum atomic E-state index is -2.30. The van der Waals surface area contributed by atoms with Gasteiger partial charge in [-0.2, -0.15) is 0 Å². The molecule has 3 rings (SSSR count). The van der Waals surface area contributed by atoms with Crippen LogP contribution in [-0.2, 0) is 26.3 Å². The van der Waals surface area contributed by atoms with Crippen LogP contribution < -0.4 is 0 Å². The fraction of sp³-hybridized carbons (Fsp3) is 0.211. The number of aryl methyl sites for hydroxylation is 1. The summed E-state index contributed by atoms with van der Waals surface area (Å²) in [5.41, 5.74) is -1.63. The molecule has 1 aromatic carbocycles. The van der Waals surface area contributed by atoms with Crippen molar-refractivity contribution >= 4 is 23.5 Å². The molecule has 0 spiro atoms. The number of fused-ring (bicyclic) bond motifs is 1. The van der Waals surface area contributed by atoms with Gasteiger partial charge in [-0.05, 0) is 18.6 Å². The van der Waals surface area contributed by atoms with Gasteiger partial charge in [-0.1, -0.05) is 30.3 Å². The number of pyridine rings is 1. The van der Waals surface area contributed by atoms with Gasteiger partial charge >= 0.3 is 11.9 Å². The number of esters is 1. The SMILES string of the molecule is CC(=O)OC1(c2nc(C)ccc2CC(=O)O)C(=O)c2ccccc2C1=O. The van der Waals surface area contributed by atoms with Crippen LogP contribution in [0.25, 0.3) is 0 Å². The Balaban J connectivity index is 2.32. The van der Waals surface area contributed by atoms with Crippen molar-refractivity contribution in [2.75, 3.05) is 0 Å². The minimum Gasteiger partial charge on any atom is -0.481 e. The van der Waals surface area contributed by atoms with E-state index in [1.165, 1.54) is 18.2 Å². The van der Waals surface area contributed by atoms with Crippen LogP contribution in [-0.4, -0.2) is 33.6 Å². The zero-order valence-corrected chi connectivity index (χ0v) is 14.1. The number of hydrogen-bond donors (Lipinski definition) is 1. The highest BCUT2D eigenvalue weighted by Crippen LogP contribution is 2.41. The normalized spacial score (nSPS) is 14.8. The molecule has 0 amide bonds. The molecule has 0 saturated carbocycles. The van der Waals surface area contributed by atoms with Gasteiger partial charge in [0.25, 0.3) is 5.60 Å². The largest absolute Gasteiger partial charge is 0.481 e. The van der Waals surface area contributed by atoms with E-state index in [0.29, 0.717) is 5.69 Å². The van der Waals surface area contributed by atoms with Crippen molar-refractivity contribution < 1.29 is 29.0 Å². The number of hydrogen-bond acceptors (Lipinski definition) is 6. The minimum absolute atomic E-state index is 0.114. The third-order valence-electron chi connectivity index (χ3n) is 4.15. The second-order valence-corrected chi connectivity index (χ2v) is 6.01. The molecule has 1 aromatic heterocycles. The fourth-order valence-electron chi connectivity index (χ4n) is 3.13. The maximum Gasteiger partial charge on any atom is 0.307 e. The van der Waals surface area contributed by atoms with Crippen molar-refractivity contribution in [2.24, 2.45) is 0 Å². The topological polar surface area (TPSA) is 111 Å². The highest BCUT2D eigenvalue weighted by Gasteiger charge is 2.59. The van der Waals surface area contributed by atoms with Crippen molar-refractivity contribution in [1.29, 1.82) is 0 Å². The van der Waals surface area contributed by atoms with Gasteiger partial charge in [0.1, 0.15) is 5.69 Å². The van der Waals surface area contributed by atoms with Gasteiger partial charge in [0.2, 0.25) is 11.6 Å². The second kappa shape index (κ2) is 6.18. The van der Waals surface area contributed by atoms with Crippen LogP contribution in [0, 0.1) is 6.92 Å². The van der Waals surface area contributed by atoms with Crippen molar-refractivity contribution in [3.05, 3.63) is 64.5 Å². The predicted molar refractivity (Wildman–Crippen MR) is 88.9 cm³/mol. The summed E-state index contributed by atoms with van der Waals surface area (Å²) in [7, 11) is 0. The Morgan fingerprint density at radius 2 is 1.65 bits per heavy atom. The summed E-state index contributed by atoms with van der Waals surface area (Å²) >= 11 is 0. The fourth-order valence-corrected chi connectivity index (χ4v) is 3.13. The molecule has 2 aromatic rings. The number of carbonyl (C=O) groups excluding carboxylic acids is 3. The number of Topliss-reactive ketones (excluding diaryl/α,β-unsaturated/α-hetero) is 2. The molecular formula is C19H15NO6. The average Bonchev–Trinajstić information content (AvgIpc) is 2.79. The number of aromatic nitrogens is 1. The van der Waals surface area contributed by atoms with Crippen molar-refractivity contribution in [2.45, 2.75) is 25.9 Å². The molecule has 0 saturated heterocycles. The molecule has 132 valence electrons. The second-order valence-electron chi connectivity index (χ2n) is 6.01. The lowest BCUT2D eigenvalue weighted by atomic mass is 9.88. The lowest BCUT2D eigenvalue weighted by Crippen LogP contribution is -2.44. The molecule has 1 aliphatic carbocycles. The van der Waals surface area contributed by atoms with Gasteiger partial charge in [0.15, 0.2) is 0 Å². The Kier molecular flexibility index (Phi) is 4.15. The molecule has 0 bridgehead atoms. The lowest BCUT2D eigenvalue weighted by Gasteiger charge is -2.27. The summed E-state index contributed by atoms with van der Waals surface area (Å²) in [5.74, 6) is -3.45. The van der Waals surface area contributed by atoms with Crippen molar-refractivity contribution in [3.8, 4) is 0 Å². The van der Waals surface area contributed by atoms with E-state index in [4.69, 9.17) is 9.84 Å². The standard InChI is InChI=1S/C19H15NO6/c1-10-7-8-12(9-15(22)23)16(20-10)19(26-11(2)21)17(24)13-5-3-4-6-14(13)18(19)25/h3-8H,9H2,1-2H3,(H,22,23). The monoisotopic (exact) mass is 353 g/mol. The molecular weight excluding hydrogens is 338 g/mol. The van der Waals surface area contributed by atoms with E-state index in [-0.39, 0.29) is 22.4 Å². The summed E-state index contributed by atoms with van der Waals surface area (Å²) in [6.07, 6.45) is -0.470. The van der Waals surface area contributed by atoms with Crippen LogP contribution in [0.15, 0.2) is 36.4 Å². The number of ether oxygens (including phenoxy) is 1.